The van der Waals surface area contributed by atoms with E-state index in [-0.39, 0.29) is 0 Å². The first-order chi connectivity index (χ1) is 10.2. The van der Waals surface area contributed by atoms with Crippen LogP contribution in [0.5, 0.6) is 5.75 Å². The molecule has 1 aliphatic rings. The average molecular weight is 289 g/mol. The van der Waals surface area contributed by atoms with E-state index >= 15 is 0 Å². The van der Waals surface area contributed by atoms with Gasteiger partial charge >= 0.3 is 0 Å². The quantitative estimate of drug-likeness (QED) is 0.806. The minimum Gasteiger partial charge on any atom is -0.496 e. The predicted molar refractivity (Wildman–Crippen MR) is 89.9 cm³/mol. The molecule has 2 nitrogen and oxygen atoms in total. The lowest BCUT2D eigenvalue weighted by Crippen LogP contribution is -2.31. The molecule has 1 unspecified atom stereocenters. The Hall–Kier alpha value is -1.02. The monoisotopic (exact) mass is 289 g/mol. The number of rotatable bonds is 6. The van der Waals surface area contributed by atoms with Gasteiger partial charge in [0.1, 0.15) is 5.75 Å². The van der Waals surface area contributed by atoms with Crippen LogP contribution in [0.3, 0.4) is 0 Å². The van der Waals surface area contributed by atoms with Gasteiger partial charge in [-0.05, 0) is 61.8 Å². The first-order valence-corrected chi connectivity index (χ1v) is 8.53. The molecule has 2 rings (SSSR count). The fourth-order valence-electron chi connectivity index (χ4n) is 3.57. The van der Waals surface area contributed by atoms with Crippen LogP contribution in [0.4, 0.5) is 0 Å². The van der Waals surface area contributed by atoms with Gasteiger partial charge < -0.3 is 10.1 Å². The highest BCUT2D eigenvalue weighted by molar-refractivity contribution is 5.37. The Morgan fingerprint density at radius 3 is 2.52 bits per heavy atom. The summed E-state index contributed by atoms with van der Waals surface area (Å²) in [6.45, 7) is 7.87. The molecule has 21 heavy (non-hydrogen) atoms. The molecule has 1 aromatic carbocycles. The zero-order chi connectivity index (χ0) is 15.2. The number of aryl methyl sites for hydroxylation is 1. The summed E-state index contributed by atoms with van der Waals surface area (Å²) in [5, 5.41) is 3.79. The number of nitrogens with one attached hydrogen (secondary N) is 1. The van der Waals surface area contributed by atoms with Crippen molar-refractivity contribution in [2.45, 2.75) is 58.9 Å². The van der Waals surface area contributed by atoms with E-state index < -0.39 is 0 Å². The van der Waals surface area contributed by atoms with Gasteiger partial charge in [0.2, 0.25) is 0 Å². The lowest BCUT2D eigenvalue weighted by atomic mass is 9.77. The van der Waals surface area contributed by atoms with Crippen molar-refractivity contribution in [2.75, 3.05) is 13.7 Å². The molecule has 1 N–H and O–H groups in total. The second-order valence-electron chi connectivity index (χ2n) is 6.68. The maximum Gasteiger partial charge on any atom is 0.121 e. The Bertz CT molecular complexity index is 435. The molecule has 118 valence electrons. The molecule has 1 aromatic rings. The van der Waals surface area contributed by atoms with Crippen molar-refractivity contribution >= 4 is 0 Å². The Morgan fingerprint density at radius 1 is 1.24 bits per heavy atom. The summed E-state index contributed by atoms with van der Waals surface area (Å²) >= 11 is 0. The third-order valence-corrected chi connectivity index (χ3v) is 4.92. The van der Waals surface area contributed by atoms with Gasteiger partial charge in [-0.25, -0.2) is 0 Å². The highest BCUT2D eigenvalue weighted by Gasteiger charge is 2.27. The highest BCUT2D eigenvalue weighted by atomic mass is 16.5. The van der Waals surface area contributed by atoms with Crippen LogP contribution < -0.4 is 10.1 Å². The van der Waals surface area contributed by atoms with E-state index in [2.05, 4.69) is 44.3 Å². The molecule has 0 spiro atoms. The van der Waals surface area contributed by atoms with Crippen LogP contribution in [0.25, 0.3) is 0 Å². The predicted octanol–water partition coefficient (Wildman–Crippen LogP) is 4.87. The normalized spacial score (nSPS) is 23.8. The van der Waals surface area contributed by atoms with E-state index in [0.717, 1.165) is 24.1 Å². The number of benzene rings is 1. The summed E-state index contributed by atoms with van der Waals surface area (Å²) in [5.74, 6) is 2.68. The third kappa shape index (κ3) is 4.23. The molecular formula is C19H31NO. The van der Waals surface area contributed by atoms with Crippen LogP contribution in [-0.2, 0) is 0 Å². The second kappa shape index (κ2) is 7.84. The van der Waals surface area contributed by atoms with E-state index in [1.807, 2.05) is 0 Å². The van der Waals surface area contributed by atoms with Gasteiger partial charge in [-0.1, -0.05) is 38.8 Å². The van der Waals surface area contributed by atoms with Crippen molar-refractivity contribution in [3.05, 3.63) is 29.3 Å². The zero-order valence-corrected chi connectivity index (χ0v) is 14.1. The SMILES string of the molecule is CCCNC(c1ccc(OC)c(C)c1)C1CCC(C)CC1. The highest BCUT2D eigenvalue weighted by Crippen LogP contribution is 2.37. The molecule has 2 heteroatoms. The summed E-state index contributed by atoms with van der Waals surface area (Å²) in [6.07, 6.45) is 6.66. The summed E-state index contributed by atoms with van der Waals surface area (Å²) in [7, 11) is 1.75. The average Bonchev–Trinajstić information content (AvgIpc) is 2.49. The van der Waals surface area contributed by atoms with Crippen molar-refractivity contribution in [1.82, 2.24) is 5.32 Å². The van der Waals surface area contributed by atoms with E-state index in [4.69, 9.17) is 4.74 Å². The smallest absolute Gasteiger partial charge is 0.121 e. The fraction of sp³-hybridized carbons (Fsp3) is 0.684. The molecule has 1 atom stereocenters. The van der Waals surface area contributed by atoms with Crippen LogP contribution >= 0.6 is 0 Å². The lowest BCUT2D eigenvalue weighted by molar-refractivity contribution is 0.231. The topological polar surface area (TPSA) is 21.3 Å². The first kappa shape index (κ1) is 16.4. The maximum atomic E-state index is 5.40. The number of ether oxygens (including phenoxy) is 1. The Morgan fingerprint density at radius 2 is 1.95 bits per heavy atom. The van der Waals surface area contributed by atoms with E-state index in [0.29, 0.717) is 6.04 Å². The molecule has 1 aliphatic carbocycles. The number of hydrogen-bond donors (Lipinski definition) is 1. The summed E-state index contributed by atoms with van der Waals surface area (Å²) < 4.78 is 5.40. The van der Waals surface area contributed by atoms with Crippen LogP contribution in [0.15, 0.2) is 18.2 Å². The summed E-state index contributed by atoms with van der Waals surface area (Å²) in [4.78, 5) is 0. The molecule has 0 saturated heterocycles. The number of hydrogen-bond acceptors (Lipinski definition) is 2. The van der Waals surface area contributed by atoms with Crippen LogP contribution in [0, 0.1) is 18.8 Å². The van der Waals surface area contributed by atoms with Crippen molar-refractivity contribution in [3.63, 3.8) is 0 Å². The minimum absolute atomic E-state index is 0.502. The molecule has 0 radical (unpaired) electrons. The van der Waals surface area contributed by atoms with Gasteiger partial charge in [0.25, 0.3) is 0 Å². The van der Waals surface area contributed by atoms with Crippen LogP contribution in [0.1, 0.15) is 63.1 Å². The standard InChI is InChI=1S/C19H31NO/c1-5-12-20-19(16-8-6-14(2)7-9-16)17-10-11-18(21-4)15(3)13-17/h10-11,13-14,16,19-20H,5-9,12H2,1-4H3. The van der Waals surface area contributed by atoms with Crippen molar-refractivity contribution in [1.29, 1.82) is 0 Å². The van der Waals surface area contributed by atoms with Gasteiger partial charge in [-0.3, -0.25) is 0 Å². The molecule has 0 aliphatic heterocycles. The lowest BCUT2D eigenvalue weighted by Gasteiger charge is -2.34. The van der Waals surface area contributed by atoms with Gasteiger partial charge in [-0.15, -0.1) is 0 Å². The zero-order valence-electron chi connectivity index (χ0n) is 14.1. The van der Waals surface area contributed by atoms with E-state index in [1.54, 1.807) is 7.11 Å². The summed E-state index contributed by atoms with van der Waals surface area (Å²) in [6, 6.07) is 7.18. The fourth-order valence-corrected chi connectivity index (χ4v) is 3.57. The van der Waals surface area contributed by atoms with E-state index in [1.165, 1.54) is 43.2 Å². The van der Waals surface area contributed by atoms with Crippen molar-refractivity contribution in [2.24, 2.45) is 11.8 Å². The van der Waals surface area contributed by atoms with Gasteiger partial charge in [0, 0.05) is 6.04 Å². The molecule has 0 bridgehead atoms. The third-order valence-electron chi connectivity index (χ3n) is 4.92. The Balaban J connectivity index is 2.16. The molecule has 1 saturated carbocycles. The Labute approximate surface area is 130 Å². The van der Waals surface area contributed by atoms with Crippen molar-refractivity contribution in [3.8, 4) is 5.75 Å². The first-order valence-electron chi connectivity index (χ1n) is 8.53. The second-order valence-corrected chi connectivity index (χ2v) is 6.68. The summed E-state index contributed by atoms with van der Waals surface area (Å²) in [5.41, 5.74) is 2.67. The van der Waals surface area contributed by atoms with Gasteiger partial charge in [0.15, 0.2) is 0 Å². The molecular weight excluding hydrogens is 258 g/mol. The molecule has 0 amide bonds. The molecule has 0 aromatic heterocycles. The minimum atomic E-state index is 0.502. The van der Waals surface area contributed by atoms with E-state index in [9.17, 15) is 0 Å². The Kier molecular flexibility index (Phi) is 6.10. The number of methoxy groups -OCH3 is 1. The largest absolute Gasteiger partial charge is 0.496 e. The van der Waals surface area contributed by atoms with Crippen LogP contribution in [-0.4, -0.2) is 13.7 Å². The molecule has 1 fully saturated rings. The maximum absolute atomic E-state index is 5.40. The van der Waals surface area contributed by atoms with Crippen LogP contribution in [0.2, 0.25) is 0 Å². The van der Waals surface area contributed by atoms with Gasteiger partial charge in [-0.2, -0.15) is 0 Å². The van der Waals surface area contributed by atoms with Gasteiger partial charge in [0.05, 0.1) is 7.11 Å². The van der Waals surface area contributed by atoms with Crippen molar-refractivity contribution < 1.29 is 4.74 Å². The molecule has 0 heterocycles.